The van der Waals surface area contributed by atoms with Gasteiger partial charge in [0.2, 0.25) is 13.4 Å². The summed E-state index contributed by atoms with van der Waals surface area (Å²) in [5.74, 6) is 0. The molecular formula is C92H64B2N4. The smallest absolute Gasteiger partial charge is 0.248 e. The Morgan fingerprint density at radius 3 is 0.898 bits per heavy atom. The van der Waals surface area contributed by atoms with Gasteiger partial charge in [-0.2, -0.15) is 0 Å². The number of fused-ring (bicyclic) bond motifs is 8. The molecule has 4 nitrogen and oxygen atoms in total. The van der Waals surface area contributed by atoms with Gasteiger partial charge in [0, 0.05) is 68.2 Å². The maximum absolute atomic E-state index is 2.70. The predicted molar refractivity (Wildman–Crippen MR) is 419 cm³/mol. The lowest BCUT2D eigenvalue weighted by atomic mass is 9.31. The second-order valence-corrected chi connectivity index (χ2v) is 27.2. The zero-order chi connectivity index (χ0) is 65.0. The van der Waals surface area contributed by atoms with Crippen LogP contribution in [-0.2, 0) is 0 Å². The van der Waals surface area contributed by atoms with E-state index in [1.165, 1.54) is 155 Å². The maximum atomic E-state index is 2.70. The van der Waals surface area contributed by atoms with Crippen LogP contribution in [0, 0.1) is 27.7 Å². The van der Waals surface area contributed by atoms with Crippen molar-refractivity contribution < 1.29 is 0 Å². The summed E-state index contributed by atoms with van der Waals surface area (Å²) in [5.41, 5.74) is 36.6. The third-order valence-electron chi connectivity index (χ3n) is 21.8. The van der Waals surface area contributed by atoms with E-state index in [1.54, 1.807) is 0 Å². The van der Waals surface area contributed by atoms with Gasteiger partial charge in [-0.05, 0) is 270 Å². The summed E-state index contributed by atoms with van der Waals surface area (Å²) in [6.45, 7) is 9.05. The minimum absolute atomic E-state index is 0.128. The normalized spacial score (nSPS) is 12.8. The van der Waals surface area contributed by atoms with Crippen LogP contribution in [0.5, 0.6) is 0 Å². The largest absolute Gasteiger partial charge is 0.311 e. The molecule has 0 radical (unpaired) electrons. The molecule has 0 amide bonds. The number of hydrogen-bond donors (Lipinski definition) is 0. The molecule has 6 heteroatoms. The Kier molecular flexibility index (Phi) is 12.5. The Morgan fingerprint density at radius 1 is 0.235 bits per heavy atom. The van der Waals surface area contributed by atoms with Crippen LogP contribution in [0.15, 0.2) is 315 Å². The number of rotatable bonds is 10. The molecule has 0 saturated heterocycles. The molecule has 0 N–H and O–H groups in total. The van der Waals surface area contributed by atoms with E-state index in [9.17, 15) is 0 Å². The van der Waals surface area contributed by atoms with E-state index in [0.29, 0.717) is 0 Å². The van der Waals surface area contributed by atoms with E-state index in [1.807, 2.05) is 0 Å². The molecule has 16 aromatic carbocycles. The van der Waals surface area contributed by atoms with Gasteiger partial charge in [-0.15, -0.1) is 0 Å². The van der Waals surface area contributed by atoms with Gasteiger partial charge in [-0.3, -0.25) is 0 Å². The van der Waals surface area contributed by atoms with Crippen molar-refractivity contribution in [2.24, 2.45) is 0 Å². The number of anilines is 12. The zero-order valence-electron chi connectivity index (χ0n) is 55.0. The third-order valence-corrected chi connectivity index (χ3v) is 21.8. The molecule has 0 saturated carbocycles. The fourth-order valence-electron chi connectivity index (χ4n) is 18.0. The number of hydrogen-bond acceptors (Lipinski definition) is 4. The highest BCUT2D eigenvalue weighted by Gasteiger charge is 2.47. The molecule has 458 valence electrons. The van der Waals surface area contributed by atoms with Gasteiger partial charge >= 0.3 is 0 Å². The van der Waals surface area contributed by atoms with Crippen molar-refractivity contribution in [1.29, 1.82) is 0 Å². The molecule has 20 rings (SSSR count). The fraction of sp³-hybridized carbons (Fsp3) is 0.0435. The van der Waals surface area contributed by atoms with Crippen LogP contribution in [0.25, 0.3) is 76.8 Å². The van der Waals surface area contributed by atoms with Gasteiger partial charge in [0.1, 0.15) is 0 Å². The highest BCUT2D eigenvalue weighted by atomic mass is 15.2. The molecule has 0 fully saturated rings. The number of benzene rings is 16. The molecule has 0 aromatic heterocycles. The highest BCUT2D eigenvalue weighted by molar-refractivity contribution is 7.02. The van der Waals surface area contributed by atoms with Crippen molar-refractivity contribution >= 4 is 147 Å². The first-order valence-corrected chi connectivity index (χ1v) is 34.4. The monoisotopic (exact) mass is 1250 g/mol. The summed E-state index contributed by atoms with van der Waals surface area (Å²) in [7, 11) is 0. The third kappa shape index (κ3) is 8.15. The average Bonchev–Trinajstić information content (AvgIpc) is 0.664. The average molecular weight is 1250 g/mol. The molecule has 4 aliphatic rings. The van der Waals surface area contributed by atoms with Crippen molar-refractivity contribution in [2.75, 3.05) is 19.6 Å². The molecular weight excluding hydrogens is 1180 g/mol. The lowest BCUT2D eigenvalue weighted by Crippen LogP contribution is -2.60. The zero-order valence-corrected chi connectivity index (χ0v) is 55.0. The number of para-hydroxylation sites is 8. The van der Waals surface area contributed by atoms with Crippen LogP contribution in [0.1, 0.15) is 22.3 Å². The summed E-state index contributed by atoms with van der Waals surface area (Å²) < 4.78 is 0. The molecule has 0 atom stereocenters. The molecule has 0 aliphatic carbocycles. The summed E-state index contributed by atoms with van der Waals surface area (Å²) in [4.78, 5) is 10.0. The second-order valence-electron chi connectivity index (χ2n) is 27.2. The van der Waals surface area contributed by atoms with Crippen molar-refractivity contribution in [2.45, 2.75) is 27.7 Å². The maximum Gasteiger partial charge on any atom is 0.248 e. The standard InChI is InChI=1S/C92H64B2N4/c1-57-29-27-30-58(2)85(57)69-53-71-75-49-67(95(61-33-11-5-12-34-61)62-35-13-6-14-36-62)51-83-91(75)94(78-46-24-26-48-82(78)97(83)65-41-19-9-20-42-65)80-56-74-70(86-59(3)31-28-32-60(86)4)54-72-76-50-68(96(63-37-15-7-16-38-63)64-39-17-8-18-40-64)52-84-92(76)93(79-55-73(69)89(87(71)80)90(74)88(72)79)77-45-23-25-47-81(77)98(84)66-43-21-10-22-44-66/h5-56H,1-4H3. The lowest BCUT2D eigenvalue weighted by Gasteiger charge is -2.43. The van der Waals surface area contributed by atoms with Crippen LogP contribution in [0.4, 0.5) is 68.2 Å². The first-order valence-electron chi connectivity index (χ1n) is 34.4. The van der Waals surface area contributed by atoms with Crippen molar-refractivity contribution in [1.82, 2.24) is 0 Å². The van der Waals surface area contributed by atoms with Crippen LogP contribution >= 0.6 is 0 Å². The van der Waals surface area contributed by atoms with Crippen LogP contribution < -0.4 is 52.4 Å². The van der Waals surface area contributed by atoms with E-state index < -0.39 is 0 Å². The second kappa shape index (κ2) is 21.7. The van der Waals surface area contributed by atoms with Crippen molar-refractivity contribution in [3.63, 3.8) is 0 Å². The number of aryl methyl sites for hydroxylation is 4. The summed E-state index contributed by atoms with van der Waals surface area (Å²) in [6.07, 6.45) is 0. The van der Waals surface area contributed by atoms with Crippen LogP contribution in [0.2, 0.25) is 0 Å². The minimum atomic E-state index is -0.128. The summed E-state index contributed by atoms with van der Waals surface area (Å²) >= 11 is 0. The molecule has 0 spiro atoms. The predicted octanol–water partition coefficient (Wildman–Crippen LogP) is 20.7. The molecule has 98 heavy (non-hydrogen) atoms. The van der Waals surface area contributed by atoms with E-state index >= 15 is 0 Å². The van der Waals surface area contributed by atoms with Crippen LogP contribution in [-0.4, -0.2) is 13.4 Å². The lowest BCUT2D eigenvalue weighted by molar-refractivity contribution is 1.25. The summed E-state index contributed by atoms with van der Waals surface area (Å²) in [6, 6.07) is 119. The Labute approximate surface area is 572 Å². The van der Waals surface area contributed by atoms with E-state index in [2.05, 4.69) is 363 Å². The topological polar surface area (TPSA) is 13.0 Å². The van der Waals surface area contributed by atoms with E-state index in [0.717, 1.165) is 45.5 Å². The van der Waals surface area contributed by atoms with Gasteiger partial charge < -0.3 is 19.6 Å². The first kappa shape index (κ1) is 56.3. The van der Waals surface area contributed by atoms with Gasteiger partial charge in [-0.1, -0.05) is 205 Å². The molecule has 0 bridgehead atoms. The molecule has 0 unspecified atom stereocenters. The van der Waals surface area contributed by atoms with E-state index in [-0.39, 0.29) is 13.4 Å². The van der Waals surface area contributed by atoms with Crippen molar-refractivity contribution in [3.8, 4) is 44.5 Å². The van der Waals surface area contributed by atoms with Gasteiger partial charge in [0.05, 0.1) is 0 Å². The highest BCUT2D eigenvalue weighted by Crippen LogP contribution is 2.55. The molecule has 4 heterocycles. The van der Waals surface area contributed by atoms with Crippen molar-refractivity contribution in [3.05, 3.63) is 338 Å². The Hall–Kier alpha value is -12.1. The van der Waals surface area contributed by atoms with Gasteiger partial charge in [0.25, 0.3) is 0 Å². The Morgan fingerprint density at radius 2 is 0.551 bits per heavy atom. The molecule has 4 aliphatic heterocycles. The Balaban J connectivity index is 1.00. The molecule has 16 aromatic rings. The Bertz CT molecular complexity index is 5450. The quantitative estimate of drug-likeness (QED) is 0.0999. The van der Waals surface area contributed by atoms with Gasteiger partial charge in [-0.25, -0.2) is 0 Å². The summed E-state index contributed by atoms with van der Waals surface area (Å²) in [5, 5.41) is 7.88. The van der Waals surface area contributed by atoms with Crippen LogP contribution in [0.3, 0.4) is 0 Å². The minimum Gasteiger partial charge on any atom is -0.311 e. The SMILES string of the molecule is Cc1cccc(C)c1-c1cc2c3c(cc4c(-c5c(C)cccc5C)cc5c6c(cc1c3c46)B1c3ccccc3N(c3ccccc3)c3cc(N(c4ccccc4)c4ccccc4)cc-5c31)B1c3ccccc3N(c3ccccc3)c3cc(N(c4ccccc4)c4ccccc4)cc-2c31. The van der Waals surface area contributed by atoms with Gasteiger partial charge in [0.15, 0.2) is 0 Å². The number of nitrogens with zero attached hydrogens (tertiary/aromatic N) is 4. The van der Waals surface area contributed by atoms with E-state index in [4.69, 9.17) is 0 Å². The first-order chi connectivity index (χ1) is 48.3. The fourth-order valence-corrected chi connectivity index (χ4v) is 18.0.